The average Bonchev–Trinajstić information content (AvgIpc) is 2.88. The first kappa shape index (κ1) is 16.0. The van der Waals surface area contributed by atoms with Crippen molar-refractivity contribution in [2.45, 2.75) is 52.0 Å². The average molecular weight is 269 g/mol. The molecule has 0 aromatic heterocycles. The van der Waals surface area contributed by atoms with E-state index in [0.717, 1.165) is 45.2 Å². The number of primary amides is 1. The van der Waals surface area contributed by atoms with Crippen molar-refractivity contribution in [1.82, 2.24) is 10.2 Å². The van der Waals surface area contributed by atoms with Crippen LogP contribution in [0.15, 0.2) is 0 Å². The lowest BCUT2D eigenvalue weighted by Crippen LogP contribution is -2.48. The van der Waals surface area contributed by atoms with E-state index in [4.69, 9.17) is 5.73 Å². The molecule has 1 rings (SSSR count). The van der Waals surface area contributed by atoms with Crippen molar-refractivity contribution in [2.24, 2.45) is 11.7 Å². The second kappa shape index (κ2) is 8.15. The van der Waals surface area contributed by atoms with Gasteiger partial charge in [0.2, 0.25) is 11.8 Å². The van der Waals surface area contributed by atoms with Crippen molar-refractivity contribution < 1.29 is 9.59 Å². The van der Waals surface area contributed by atoms with E-state index in [-0.39, 0.29) is 24.4 Å². The van der Waals surface area contributed by atoms with E-state index in [0.29, 0.717) is 0 Å². The molecule has 0 saturated carbocycles. The second-order valence-corrected chi connectivity index (χ2v) is 5.35. The maximum atomic E-state index is 12.6. The zero-order chi connectivity index (χ0) is 14.3. The molecule has 19 heavy (non-hydrogen) atoms. The normalized spacial score (nSPS) is 18.8. The van der Waals surface area contributed by atoms with E-state index < -0.39 is 5.91 Å². The van der Waals surface area contributed by atoms with E-state index in [1.54, 1.807) is 4.90 Å². The molecule has 2 amide bonds. The molecule has 0 aliphatic carbocycles. The molecule has 0 bridgehead atoms. The van der Waals surface area contributed by atoms with Gasteiger partial charge in [0.05, 0.1) is 6.54 Å². The van der Waals surface area contributed by atoms with Gasteiger partial charge in [0.1, 0.15) is 0 Å². The first-order valence-corrected chi connectivity index (χ1v) is 7.39. The van der Waals surface area contributed by atoms with Gasteiger partial charge in [0.25, 0.3) is 0 Å². The van der Waals surface area contributed by atoms with Gasteiger partial charge in [-0.2, -0.15) is 0 Å². The van der Waals surface area contributed by atoms with E-state index in [1.807, 2.05) is 0 Å². The smallest absolute Gasteiger partial charge is 0.237 e. The van der Waals surface area contributed by atoms with E-state index in [9.17, 15) is 9.59 Å². The molecule has 110 valence electrons. The van der Waals surface area contributed by atoms with Gasteiger partial charge in [-0.05, 0) is 25.8 Å². The Balaban J connectivity index is 2.75. The lowest BCUT2D eigenvalue weighted by Gasteiger charge is -2.31. The Morgan fingerprint density at radius 1 is 1.32 bits per heavy atom. The fraction of sp³-hybridized carbons (Fsp3) is 0.857. The van der Waals surface area contributed by atoms with Crippen LogP contribution in [-0.2, 0) is 9.59 Å². The Morgan fingerprint density at radius 3 is 2.37 bits per heavy atom. The van der Waals surface area contributed by atoms with Gasteiger partial charge in [0.15, 0.2) is 0 Å². The minimum Gasteiger partial charge on any atom is -0.368 e. The predicted molar refractivity (Wildman–Crippen MR) is 75.5 cm³/mol. The zero-order valence-electron chi connectivity index (χ0n) is 12.2. The highest BCUT2D eigenvalue weighted by Crippen LogP contribution is 2.20. The van der Waals surface area contributed by atoms with Crippen LogP contribution in [0.2, 0.25) is 0 Å². The van der Waals surface area contributed by atoms with Crippen LogP contribution in [0.3, 0.4) is 0 Å². The van der Waals surface area contributed by atoms with E-state index in [2.05, 4.69) is 19.2 Å². The van der Waals surface area contributed by atoms with Crippen LogP contribution >= 0.6 is 0 Å². The molecule has 5 heteroatoms. The molecule has 1 heterocycles. The van der Waals surface area contributed by atoms with Crippen LogP contribution in [0.5, 0.6) is 0 Å². The van der Waals surface area contributed by atoms with Gasteiger partial charge in [-0.15, -0.1) is 0 Å². The summed E-state index contributed by atoms with van der Waals surface area (Å²) in [6.45, 7) is 5.90. The first-order valence-electron chi connectivity index (χ1n) is 7.39. The van der Waals surface area contributed by atoms with Gasteiger partial charge in [0, 0.05) is 18.5 Å². The van der Waals surface area contributed by atoms with Crippen molar-refractivity contribution in [1.29, 1.82) is 0 Å². The summed E-state index contributed by atoms with van der Waals surface area (Å²) in [5.41, 5.74) is 5.29. The van der Waals surface area contributed by atoms with Gasteiger partial charge in [-0.1, -0.05) is 26.7 Å². The molecule has 3 N–H and O–H groups in total. The maximum Gasteiger partial charge on any atom is 0.237 e. The Hall–Kier alpha value is -1.10. The molecule has 1 aliphatic rings. The molecule has 0 spiro atoms. The number of nitrogens with two attached hydrogens (primary N) is 1. The number of nitrogens with zero attached hydrogens (tertiary/aromatic N) is 1. The molecule has 1 aliphatic heterocycles. The Kier molecular flexibility index (Phi) is 6.84. The Labute approximate surface area is 115 Å². The van der Waals surface area contributed by atoms with Crippen molar-refractivity contribution in [3.8, 4) is 0 Å². The summed E-state index contributed by atoms with van der Waals surface area (Å²) in [6.07, 6.45) is 4.67. The third-order valence-corrected chi connectivity index (χ3v) is 3.71. The Morgan fingerprint density at radius 2 is 1.95 bits per heavy atom. The van der Waals surface area contributed by atoms with Crippen molar-refractivity contribution in [3.05, 3.63) is 0 Å². The molecule has 0 aromatic carbocycles. The minimum atomic E-state index is -0.424. The SMILES string of the molecule is CCCC(CCC)C(=O)N(CC(N)=O)C1CCNC1. The number of hydrogen-bond donors (Lipinski definition) is 2. The van der Waals surface area contributed by atoms with Crippen LogP contribution in [-0.4, -0.2) is 42.4 Å². The maximum absolute atomic E-state index is 12.6. The molecule has 1 fully saturated rings. The number of carbonyl (C=O) groups is 2. The number of hydrogen-bond acceptors (Lipinski definition) is 3. The monoisotopic (exact) mass is 269 g/mol. The Bertz CT molecular complexity index is 295. The summed E-state index contributed by atoms with van der Waals surface area (Å²) in [7, 11) is 0. The van der Waals surface area contributed by atoms with Crippen LogP contribution in [0.4, 0.5) is 0 Å². The third-order valence-electron chi connectivity index (χ3n) is 3.71. The summed E-state index contributed by atoms with van der Waals surface area (Å²) in [5, 5.41) is 3.24. The summed E-state index contributed by atoms with van der Waals surface area (Å²) in [6, 6.07) is 0.121. The van der Waals surface area contributed by atoms with Crippen molar-refractivity contribution in [3.63, 3.8) is 0 Å². The molecule has 5 nitrogen and oxygen atoms in total. The zero-order valence-corrected chi connectivity index (χ0v) is 12.2. The van der Waals surface area contributed by atoms with Crippen molar-refractivity contribution >= 4 is 11.8 Å². The number of amides is 2. The van der Waals surface area contributed by atoms with Gasteiger partial charge >= 0.3 is 0 Å². The molecule has 0 aromatic rings. The van der Waals surface area contributed by atoms with E-state index >= 15 is 0 Å². The molecular formula is C14H27N3O2. The fourth-order valence-electron chi connectivity index (χ4n) is 2.78. The minimum absolute atomic E-state index is 0.0370. The summed E-state index contributed by atoms with van der Waals surface area (Å²) < 4.78 is 0. The predicted octanol–water partition coefficient (Wildman–Crippen LogP) is 0.879. The third kappa shape index (κ3) is 4.82. The second-order valence-electron chi connectivity index (χ2n) is 5.35. The largest absolute Gasteiger partial charge is 0.368 e. The fourth-order valence-corrected chi connectivity index (χ4v) is 2.78. The highest BCUT2D eigenvalue weighted by molar-refractivity contribution is 5.85. The molecule has 1 unspecified atom stereocenters. The van der Waals surface area contributed by atoms with Crippen LogP contribution in [0.1, 0.15) is 46.0 Å². The molecule has 1 atom stereocenters. The van der Waals surface area contributed by atoms with Gasteiger partial charge in [-0.3, -0.25) is 9.59 Å². The van der Waals surface area contributed by atoms with Gasteiger partial charge in [-0.25, -0.2) is 0 Å². The topological polar surface area (TPSA) is 75.4 Å². The van der Waals surface area contributed by atoms with Crippen LogP contribution in [0.25, 0.3) is 0 Å². The quantitative estimate of drug-likeness (QED) is 0.687. The highest BCUT2D eigenvalue weighted by atomic mass is 16.2. The lowest BCUT2D eigenvalue weighted by molar-refractivity contribution is -0.141. The summed E-state index contributed by atoms with van der Waals surface area (Å²) in [4.78, 5) is 25.6. The number of nitrogens with one attached hydrogen (secondary N) is 1. The van der Waals surface area contributed by atoms with Gasteiger partial charge < -0.3 is 16.0 Å². The van der Waals surface area contributed by atoms with Crippen LogP contribution in [0, 0.1) is 5.92 Å². The molecular weight excluding hydrogens is 242 g/mol. The summed E-state index contributed by atoms with van der Waals surface area (Å²) >= 11 is 0. The molecule has 1 saturated heterocycles. The molecule has 0 radical (unpaired) electrons. The first-order chi connectivity index (χ1) is 9.10. The van der Waals surface area contributed by atoms with E-state index in [1.165, 1.54) is 0 Å². The number of rotatable bonds is 8. The highest BCUT2D eigenvalue weighted by Gasteiger charge is 2.31. The summed E-state index contributed by atoms with van der Waals surface area (Å²) in [5.74, 6) is -0.279. The standard InChI is InChI=1S/C14H27N3O2/c1-3-5-11(6-4-2)14(19)17(10-13(15)18)12-7-8-16-9-12/h11-12,16H,3-10H2,1-2H3,(H2,15,18). The van der Waals surface area contributed by atoms with Crippen LogP contribution < -0.4 is 11.1 Å². The van der Waals surface area contributed by atoms with Crippen molar-refractivity contribution in [2.75, 3.05) is 19.6 Å². The number of carbonyl (C=O) groups excluding carboxylic acids is 2. The lowest BCUT2D eigenvalue weighted by atomic mass is 9.95.